The van der Waals surface area contributed by atoms with E-state index in [-0.39, 0.29) is 5.97 Å². The molecule has 0 heterocycles. The van der Waals surface area contributed by atoms with Gasteiger partial charge in [0.25, 0.3) is 0 Å². The van der Waals surface area contributed by atoms with Crippen LogP contribution in [0.4, 0.5) is 0 Å². The van der Waals surface area contributed by atoms with Crippen molar-refractivity contribution in [3.8, 4) is 0 Å². The highest BCUT2D eigenvalue weighted by molar-refractivity contribution is 5.81. The first-order valence-electron chi connectivity index (χ1n) is 17.6. The predicted molar refractivity (Wildman–Crippen MR) is 170 cm³/mol. The molecule has 0 amide bonds. The quantitative estimate of drug-likeness (QED) is 0.0487. The Morgan fingerprint density at radius 3 is 1.05 bits per heavy atom. The van der Waals surface area contributed by atoms with Crippen molar-refractivity contribution in [2.45, 2.75) is 206 Å². The number of allylic oxidation sites excluding steroid dienone is 1. The molecule has 0 saturated heterocycles. The van der Waals surface area contributed by atoms with Gasteiger partial charge in [-0.2, -0.15) is 0 Å². The Morgan fingerprint density at radius 2 is 0.711 bits per heavy atom. The molecule has 0 aliphatic rings. The number of ether oxygens (including phenoxy) is 1. The summed E-state index contributed by atoms with van der Waals surface area (Å²) in [7, 11) is 0. The minimum atomic E-state index is -0.152. The summed E-state index contributed by atoms with van der Waals surface area (Å²) in [4.78, 5) is 11.8. The summed E-state index contributed by atoms with van der Waals surface area (Å²) in [5.41, 5.74) is 0. The zero-order valence-electron chi connectivity index (χ0n) is 26.4. The molecule has 0 aromatic carbocycles. The van der Waals surface area contributed by atoms with E-state index in [1.54, 1.807) is 6.08 Å². The van der Waals surface area contributed by atoms with E-state index in [0.29, 0.717) is 6.61 Å². The first kappa shape index (κ1) is 37.2. The molecule has 226 valence electrons. The lowest BCUT2D eigenvalue weighted by atomic mass is 10.0. The summed E-state index contributed by atoms with van der Waals surface area (Å²) < 4.78 is 5.35. The number of carbonyl (C=O) groups excluding carboxylic acids is 1. The lowest BCUT2D eigenvalue weighted by Crippen LogP contribution is -2.02. The zero-order chi connectivity index (χ0) is 27.6. The summed E-state index contributed by atoms with van der Waals surface area (Å²) >= 11 is 0. The van der Waals surface area contributed by atoms with Crippen molar-refractivity contribution in [3.63, 3.8) is 0 Å². The van der Waals surface area contributed by atoms with Gasteiger partial charge in [-0.3, -0.25) is 0 Å². The fourth-order valence-electron chi connectivity index (χ4n) is 5.33. The van der Waals surface area contributed by atoms with Crippen molar-refractivity contribution in [3.05, 3.63) is 12.2 Å². The van der Waals surface area contributed by atoms with E-state index in [1.165, 1.54) is 180 Å². The smallest absolute Gasteiger partial charge is 0.330 e. The zero-order valence-corrected chi connectivity index (χ0v) is 26.4. The Balaban J connectivity index is 3.21. The third-order valence-electron chi connectivity index (χ3n) is 7.97. The molecule has 0 rings (SSSR count). The van der Waals surface area contributed by atoms with Gasteiger partial charge >= 0.3 is 5.97 Å². The van der Waals surface area contributed by atoms with Crippen molar-refractivity contribution in [1.29, 1.82) is 0 Å². The Labute approximate surface area is 240 Å². The first-order valence-corrected chi connectivity index (χ1v) is 17.6. The molecule has 0 aromatic rings. The van der Waals surface area contributed by atoms with Crippen LogP contribution in [0.25, 0.3) is 0 Å². The Kier molecular flexibility index (Phi) is 33.5. The lowest BCUT2D eigenvalue weighted by molar-refractivity contribution is -0.137. The van der Waals surface area contributed by atoms with Gasteiger partial charge in [0.2, 0.25) is 0 Å². The van der Waals surface area contributed by atoms with Crippen molar-refractivity contribution >= 4 is 5.97 Å². The van der Waals surface area contributed by atoms with Gasteiger partial charge in [-0.25, -0.2) is 4.79 Å². The predicted octanol–water partition coefficient (Wildman–Crippen LogP) is 12.8. The van der Waals surface area contributed by atoms with Gasteiger partial charge in [-0.15, -0.1) is 0 Å². The topological polar surface area (TPSA) is 26.3 Å². The standard InChI is InChI=1S/C36H70O2/c1-3-5-7-9-11-13-15-17-19-21-23-25-27-29-31-33-35-38-36(37)34-32-30-28-26-24-22-20-18-16-14-12-10-8-6-4-2/h32,34H,3-31,33,35H2,1-2H3/b34-32+. The lowest BCUT2D eigenvalue weighted by Gasteiger charge is -2.04. The number of esters is 1. The highest BCUT2D eigenvalue weighted by Crippen LogP contribution is 2.15. The molecule has 2 heteroatoms. The van der Waals surface area contributed by atoms with Crippen molar-refractivity contribution in [1.82, 2.24) is 0 Å². The highest BCUT2D eigenvalue weighted by Gasteiger charge is 1.98. The monoisotopic (exact) mass is 535 g/mol. The average Bonchev–Trinajstić information content (AvgIpc) is 2.92. The average molecular weight is 535 g/mol. The van der Waals surface area contributed by atoms with E-state index in [4.69, 9.17) is 4.74 Å². The molecule has 0 fully saturated rings. The second kappa shape index (κ2) is 34.2. The summed E-state index contributed by atoms with van der Waals surface area (Å²) in [6.45, 7) is 5.16. The van der Waals surface area contributed by atoms with Gasteiger partial charge in [-0.05, 0) is 19.3 Å². The molecule has 0 unspecified atom stereocenters. The molecular weight excluding hydrogens is 464 g/mol. The minimum absolute atomic E-state index is 0.152. The minimum Gasteiger partial charge on any atom is -0.463 e. The van der Waals surface area contributed by atoms with E-state index in [9.17, 15) is 4.79 Å². The van der Waals surface area contributed by atoms with E-state index in [0.717, 1.165) is 12.8 Å². The summed E-state index contributed by atoms with van der Waals surface area (Å²) in [5.74, 6) is -0.152. The molecule has 0 aliphatic heterocycles. The number of carbonyl (C=O) groups is 1. The van der Waals surface area contributed by atoms with Crippen LogP contribution in [0.2, 0.25) is 0 Å². The van der Waals surface area contributed by atoms with Gasteiger partial charge < -0.3 is 4.74 Å². The molecule has 0 aliphatic carbocycles. The number of rotatable bonds is 32. The van der Waals surface area contributed by atoms with Gasteiger partial charge in [0, 0.05) is 6.08 Å². The molecule has 2 nitrogen and oxygen atoms in total. The SMILES string of the molecule is CCCCCCCCCCCCCCC/C=C/C(=O)OCCCCCCCCCCCCCCCCCC. The molecular formula is C36H70O2. The fourth-order valence-corrected chi connectivity index (χ4v) is 5.33. The second-order valence-corrected chi connectivity index (χ2v) is 11.9. The highest BCUT2D eigenvalue weighted by atomic mass is 16.5. The van der Waals surface area contributed by atoms with E-state index >= 15 is 0 Å². The van der Waals surface area contributed by atoms with Crippen LogP contribution in [-0.4, -0.2) is 12.6 Å². The molecule has 0 aromatic heterocycles. The van der Waals surface area contributed by atoms with Crippen LogP contribution in [0.5, 0.6) is 0 Å². The largest absolute Gasteiger partial charge is 0.463 e. The van der Waals surface area contributed by atoms with Crippen molar-refractivity contribution in [2.24, 2.45) is 0 Å². The van der Waals surface area contributed by atoms with Crippen LogP contribution >= 0.6 is 0 Å². The Bertz CT molecular complexity index is 470. The van der Waals surface area contributed by atoms with Crippen molar-refractivity contribution in [2.75, 3.05) is 6.61 Å². The number of unbranched alkanes of at least 4 members (excludes halogenated alkanes) is 28. The molecule has 0 atom stereocenters. The molecule has 0 saturated carbocycles. The van der Waals surface area contributed by atoms with Crippen LogP contribution < -0.4 is 0 Å². The van der Waals surface area contributed by atoms with Crippen LogP contribution in [0, 0.1) is 0 Å². The Hall–Kier alpha value is -0.790. The normalized spacial score (nSPS) is 11.5. The Morgan fingerprint density at radius 1 is 0.421 bits per heavy atom. The molecule has 0 spiro atoms. The maximum atomic E-state index is 11.8. The summed E-state index contributed by atoms with van der Waals surface area (Å²) in [6.07, 6.45) is 44.5. The number of hydrogen-bond acceptors (Lipinski definition) is 2. The molecule has 38 heavy (non-hydrogen) atoms. The third-order valence-corrected chi connectivity index (χ3v) is 7.97. The van der Waals surface area contributed by atoms with Gasteiger partial charge in [0.05, 0.1) is 6.61 Å². The van der Waals surface area contributed by atoms with E-state index in [1.807, 2.05) is 6.08 Å². The van der Waals surface area contributed by atoms with Crippen molar-refractivity contribution < 1.29 is 9.53 Å². The van der Waals surface area contributed by atoms with Crippen LogP contribution in [0.3, 0.4) is 0 Å². The van der Waals surface area contributed by atoms with Crippen LogP contribution in [-0.2, 0) is 9.53 Å². The van der Waals surface area contributed by atoms with Crippen LogP contribution in [0.15, 0.2) is 12.2 Å². The molecule has 0 radical (unpaired) electrons. The second-order valence-electron chi connectivity index (χ2n) is 11.9. The van der Waals surface area contributed by atoms with Gasteiger partial charge in [0.1, 0.15) is 0 Å². The maximum Gasteiger partial charge on any atom is 0.330 e. The van der Waals surface area contributed by atoms with E-state index in [2.05, 4.69) is 13.8 Å². The van der Waals surface area contributed by atoms with E-state index < -0.39 is 0 Å². The summed E-state index contributed by atoms with van der Waals surface area (Å²) in [5, 5.41) is 0. The van der Waals surface area contributed by atoms with Crippen LogP contribution in [0.1, 0.15) is 206 Å². The molecule has 0 N–H and O–H groups in total. The number of hydrogen-bond donors (Lipinski definition) is 0. The molecule has 0 bridgehead atoms. The van der Waals surface area contributed by atoms with Gasteiger partial charge in [0.15, 0.2) is 0 Å². The van der Waals surface area contributed by atoms with Gasteiger partial charge in [-0.1, -0.05) is 193 Å². The first-order chi connectivity index (χ1) is 18.8. The third kappa shape index (κ3) is 33.2. The maximum absolute atomic E-state index is 11.8. The fraction of sp³-hybridized carbons (Fsp3) is 0.917. The summed E-state index contributed by atoms with van der Waals surface area (Å²) in [6, 6.07) is 0.